The second-order valence-electron chi connectivity index (χ2n) is 6.16. The number of pyridine rings is 1. The molecule has 0 radical (unpaired) electrons. The molecule has 2 aromatic rings. The number of thiophene rings is 1. The maximum Gasteiger partial charge on any atom is 0.244 e. The van der Waals surface area contributed by atoms with Crippen LogP contribution in [0.4, 0.5) is 0 Å². The Bertz CT molecular complexity index is 735. The van der Waals surface area contributed by atoms with E-state index in [4.69, 9.17) is 0 Å². The number of amides is 1. The van der Waals surface area contributed by atoms with Gasteiger partial charge in [-0.25, -0.2) is 4.99 Å². The highest BCUT2D eigenvalue weighted by Crippen LogP contribution is 2.16. The van der Waals surface area contributed by atoms with Gasteiger partial charge in [-0.15, -0.1) is 35.3 Å². The van der Waals surface area contributed by atoms with Gasteiger partial charge in [-0.05, 0) is 37.6 Å². The Morgan fingerprint density at radius 3 is 2.61 bits per heavy atom. The van der Waals surface area contributed by atoms with Crippen LogP contribution in [0.3, 0.4) is 0 Å². The molecular weight excluding hydrogens is 485 g/mol. The fourth-order valence-electron chi connectivity index (χ4n) is 2.44. The van der Waals surface area contributed by atoms with Crippen molar-refractivity contribution in [2.75, 3.05) is 26.7 Å². The summed E-state index contributed by atoms with van der Waals surface area (Å²) >= 11 is 1.80. The van der Waals surface area contributed by atoms with Crippen LogP contribution in [0.25, 0.3) is 0 Å². The number of nitrogens with zero attached hydrogens (tertiary/aromatic N) is 3. The van der Waals surface area contributed by atoms with Crippen molar-refractivity contribution in [3.8, 4) is 0 Å². The maximum atomic E-state index is 12.3. The van der Waals surface area contributed by atoms with Crippen LogP contribution in [-0.4, -0.2) is 48.4 Å². The van der Waals surface area contributed by atoms with Gasteiger partial charge in [0.05, 0.1) is 6.54 Å². The molecule has 8 heteroatoms. The topological polar surface area (TPSA) is 69.6 Å². The Balaban J connectivity index is 0.00000392. The molecule has 2 rings (SSSR count). The lowest BCUT2D eigenvalue weighted by Gasteiger charge is -2.16. The van der Waals surface area contributed by atoms with E-state index in [2.05, 4.69) is 39.7 Å². The number of nitrogens with one attached hydrogen (secondary N) is 2. The molecule has 2 aromatic heterocycles. The van der Waals surface area contributed by atoms with Crippen LogP contribution >= 0.6 is 35.3 Å². The predicted molar refractivity (Wildman–Crippen MR) is 128 cm³/mol. The molecule has 28 heavy (non-hydrogen) atoms. The first kappa shape index (κ1) is 24.4. The van der Waals surface area contributed by atoms with Crippen molar-refractivity contribution in [1.82, 2.24) is 20.5 Å². The van der Waals surface area contributed by atoms with Gasteiger partial charge in [0.2, 0.25) is 5.91 Å². The fraction of sp³-hybridized carbons (Fsp3) is 0.450. The molecule has 154 valence electrons. The fourth-order valence-corrected chi connectivity index (χ4v) is 3.34. The van der Waals surface area contributed by atoms with E-state index in [1.165, 1.54) is 9.75 Å². The zero-order valence-corrected chi connectivity index (χ0v) is 19.9. The van der Waals surface area contributed by atoms with E-state index in [9.17, 15) is 4.79 Å². The zero-order chi connectivity index (χ0) is 19.5. The molecule has 1 amide bonds. The number of halogens is 1. The van der Waals surface area contributed by atoms with Crippen LogP contribution in [-0.2, 0) is 24.2 Å². The first-order chi connectivity index (χ1) is 13.1. The number of guanidine groups is 1. The van der Waals surface area contributed by atoms with Crippen molar-refractivity contribution in [1.29, 1.82) is 0 Å². The van der Waals surface area contributed by atoms with Crippen molar-refractivity contribution in [3.63, 3.8) is 0 Å². The lowest BCUT2D eigenvalue weighted by atomic mass is 10.2. The molecule has 0 aliphatic heterocycles. The highest BCUT2D eigenvalue weighted by molar-refractivity contribution is 14.0. The smallest absolute Gasteiger partial charge is 0.244 e. The second kappa shape index (κ2) is 13.5. The third-order valence-corrected chi connectivity index (χ3v) is 5.30. The van der Waals surface area contributed by atoms with Crippen LogP contribution in [0.5, 0.6) is 0 Å². The van der Waals surface area contributed by atoms with E-state index < -0.39 is 0 Å². The summed E-state index contributed by atoms with van der Waals surface area (Å²) in [5.74, 6) is 0.656. The summed E-state index contributed by atoms with van der Waals surface area (Å²) in [5.41, 5.74) is 0.984. The van der Waals surface area contributed by atoms with Gasteiger partial charge in [0.1, 0.15) is 6.54 Å². The average molecular weight is 515 g/mol. The highest BCUT2D eigenvalue weighted by Gasteiger charge is 2.09. The molecule has 2 N–H and O–H groups in total. The summed E-state index contributed by atoms with van der Waals surface area (Å²) in [6, 6.07) is 10.1. The summed E-state index contributed by atoms with van der Waals surface area (Å²) in [4.78, 5) is 25.4. The Morgan fingerprint density at radius 2 is 1.96 bits per heavy atom. The minimum atomic E-state index is -0.00692. The highest BCUT2D eigenvalue weighted by atomic mass is 127. The summed E-state index contributed by atoms with van der Waals surface area (Å²) in [7, 11) is 1.80. The number of carbonyl (C=O) groups is 1. The van der Waals surface area contributed by atoms with E-state index in [0.29, 0.717) is 19.0 Å². The average Bonchev–Trinajstić information content (AvgIpc) is 3.17. The van der Waals surface area contributed by atoms with E-state index in [1.807, 2.05) is 25.1 Å². The maximum absolute atomic E-state index is 12.3. The normalized spacial score (nSPS) is 10.9. The number of aromatic nitrogens is 1. The van der Waals surface area contributed by atoms with Crippen molar-refractivity contribution >= 4 is 47.2 Å². The second-order valence-corrected chi connectivity index (χ2v) is 7.41. The van der Waals surface area contributed by atoms with Crippen molar-refractivity contribution in [2.24, 2.45) is 4.99 Å². The third-order valence-electron chi connectivity index (χ3n) is 4.07. The molecule has 0 saturated heterocycles. The Hall–Kier alpha value is -1.68. The lowest BCUT2D eigenvalue weighted by Crippen LogP contribution is -2.38. The molecule has 0 atom stereocenters. The first-order valence-electron chi connectivity index (χ1n) is 9.36. The van der Waals surface area contributed by atoms with Gasteiger partial charge >= 0.3 is 0 Å². The number of aliphatic imine (C=N–C) groups is 1. The van der Waals surface area contributed by atoms with E-state index in [0.717, 1.165) is 25.1 Å². The molecule has 0 saturated carbocycles. The van der Waals surface area contributed by atoms with Gasteiger partial charge in [0, 0.05) is 48.2 Å². The molecule has 0 unspecified atom stereocenters. The van der Waals surface area contributed by atoms with Gasteiger partial charge in [0.15, 0.2) is 5.96 Å². The minimum absolute atomic E-state index is 0. The summed E-state index contributed by atoms with van der Waals surface area (Å²) in [6.45, 7) is 6.38. The Labute approximate surface area is 188 Å². The van der Waals surface area contributed by atoms with Gasteiger partial charge in [-0.1, -0.05) is 13.0 Å². The van der Waals surface area contributed by atoms with Crippen LogP contribution < -0.4 is 10.6 Å². The molecule has 2 heterocycles. The van der Waals surface area contributed by atoms with Gasteiger partial charge in [-0.2, -0.15) is 0 Å². The summed E-state index contributed by atoms with van der Waals surface area (Å²) in [5, 5.41) is 6.48. The molecule has 0 fully saturated rings. The Morgan fingerprint density at radius 1 is 1.18 bits per heavy atom. The SMILES string of the molecule is CCNC(=NCC(=O)N(C)CCc1ccccn1)NCc1ccc(CC)s1.I. The van der Waals surface area contributed by atoms with Crippen molar-refractivity contribution < 1.29 is 4.79 Å². The van der Waals surface area contributed by atoms with E-state index in [1.54, 1.807) is 29.5 Å². The predicted octanol–water partition coefficient (Wildman–Crippen LogP) is 3.08. The standard InChI is InChI=1S/C20H29N5OS.HI/c1-4-17-9-10-18(27-17)14-23-20(21-5-2)24-15-19(26)25(3)13-11-16-8-6-7-12-22-16;/h6-10,12H,4-5,11,13-15H2,1-3H3,(H2,21,23,24);1H. The zero-order valence-electron chi connectivity index (χ0n) is 16.8. The van der Waals surface area contributed by atoms with Crippen molar-refractivity contribution in [3.05, 3.63) is 52.0 Å². The van der Waals surface area contributed by atoms with Crippen molar-refractivity contribution in [2.45, 2.75) is 33.2 Å². The van der Waals surface area contributed by atoms with Gasteiger partial charge in [-0.3, -0.25) is 9.78 Å². The molecule has 0 aliphatic carbocycles. The largest absolute Gasteiger partial charge is 0.357 e. The summed E-state index contributed by atoms with van der Waals surface area (Å²) < 4.78 is 0. The van der Waals surface area contributed by atoms with E-state index in [-0.39, 0.29) is 36.4 Å². The number of aryl methyl sites for hydroxylation is 1. The van der Waals surface area contributed by atoms with Crippen LogP contribution in [0.2, 0.25) is 0 Å². The molecule has 0 aliphatic rings. The third kappa shape index (κ3) is 8.55. The molecule has 0 bridgehead atoms. The Kier molecular flexibility index (Phi) is 11.7. The van der Waals surface area contributed by atoms with Gasteiger partial charge in [0.25, 0.3) is 0 Å². The number of carbonyl (C=O) groups excluding carboxylic acids is 1. The number of hydrogen-bond donors (Lipinski definition) is 2. The molecule has 6 nitrogen and oxygen atoms in total. The van der Waals surface area contributed by atoms with E-state index >= 15 is 0 Å². The quantitative estimate of drug-likeness (QED) is 0.306. The molecule has 0 spiro atoms. The van der Waals surface area contributed by atoms with Gasteiger partial charge < -0.3 is 15.5 Å². The first-order valence-corrected chi connectivity index (χ1v) is 10.2. The van der Waals surface area contributed by atoms with Crippen LogP contribution in [0, 0.1) is 0 Å². The van der Waals surface area contributed by atoms with Crippen LogP contribution in [0.15, 0.2) is 41.5 Å². The monoisotopic (exact) mass is 515 g/mol. The van der Waals surface area contributed by atoms with Crippen LogP contribution in [0.1, 0.15) is 29.3 Å². The number of hydrogen-bond acceptors (Lipinski definition) is 4. The molecule has 0 aromatic carbocycles. The number of likely N-dealkylation sites (N-methyl/N-ethyl adjacent to an activating group) is 1. The summed E-state index contributed by atoms with van der Waals surface area (Å²) in [6.07, 6.45) is 3.56. The minimum Gasteiger partial charge on any atom is -0.357 e. The number of rotatable bonds is 9. The molecular formula is C20H30IN5OS. The lowest BCUT2D eigenvalue weighted by molar-refractivity contribution is -0.128.